The molecule has 0 atom stereocenters. The minimum Gasteiger partial charge on any atom is -0.314 e. The van der Waals surface area contributed by atoms with Crippen LogP contribution < -0.4 is 10.6 Å². The molecule has 1 aromatic carbocycles. The zero-order valence-corrected chi connectivity index (χ0v) is 12.8. The Bertz CT molecular complexity index is 519. The van der Waals surface area contributed by atoms with Crippen LogP contribution in [0.2, 0.25) is 5.02 Å². The summed E-state index contributed by atoms with van der Waals surface area (Å²) in [5.74, 6) is 0.628. The van der Waals surface area contributed by atoms with Crippen LogP contribution >= 0.6 is 11.6 Å². The van der Waals surface area contributed by atoms with Crippen molar-refractivity contribution >= 4 is 23.3 Å². The van der Waals surface area contributed by atoms with E-state index in [2.05, 4.69) is 17.6 Å². The summed E-state index contributed by atoms with van der Waals surface area (Å²) in [6.07, 6.45) is 6.89. The highest BCUT2D eigenvalue weighted by molar-refractivity contribution is 6.31. The van der Waals surface area contributed by atoms with E-state index in [1.165, 1.54) is 31.3 Å². The van der Waals surface area contributed by atoms with Crippen molar-refractivity contribution in [2.45, 2.75) is 39.5 Å². The summed E-state index contributed by atoms with van der Waals surface area (Å²) in [4.78, 5) is 11.9. The number of halogens is 1. The van der Waals surface area contributed by atoms with Gasteiger partial charge in [0.1, 0.15) is 0 Å². The fraction of sp³-hybridized carbons (Fsp3) is 0.438. The van der Waals surface area contributed by atoms with Crippen molar-refractivity contribution in [3.63, 3.8) is 0 Å². The van der Waals surface area contributed by atoms with Gasteiger partial charge in [-0.25, -0.2) is 4.79 Å². The van der Waals surface area contributed by atoms with Gasteiger partial charge in [0.05, 0.1) is 0 Å². The van der Waals surface area contributed by atoms with Crippen molar-refractivity contribution in [2.24, 2.45) is 5.92 Å². The Morgan fingerprint density at radius 1 is 1.35 bits per heavy atom. The molecular weight excluding hydrogens is 272 g/mol. The predicted octanol–water partition coefficient (Wildman–Crippen LogP) is 4.86. The average Bonchev–Trinajstić information content (AvgIpc) is 2.94. The number of aryl methyl sites for hydroxylation is 1. The molecule has 20 heavy (non-hydrogen) atoms. The molecule has 1 aliphatic carbocycles. The fourth-order valence-electron chi connectivity index (χ4n) is 2.57. The number of benzene rings is 1. The quantitative estimate of drug-likeness (QED) is 0.820. The van der Waals surface area contributed by atoms with Crippen molar-refractivity contribution in [1.82, 2.24) is 5.32 Å². The lowest BCUT2D eigenvalue weighted by atomic mass is 10.0. The van der Waals surface area contributed by atoms with Crippen LogP contribution in [0.15, 0.2) is 30.0 Å². The van der Waals surface area contributed by atoms with Crippen LogP contribution in [-0.2, 0) is 0 Å². The lowest BCUT2D eigenvalue weighted by molar-refractivity contribution is 0.255. The topological polar surface area (TPSA) is 41.1 Å². The SMILES string of the molecule is C/C(=C\NC(=O)Nc1cc(Cl)ccc1C)C1CCCC1. The Balaban J connectivity index is 1.92. The van der Waals surface area contributed by atoms with Crippen LogP contribution in [0.3, 0.4) is 0 Å². The van der Waals surface area contributed by atoms with Crippen LogP contribution in [0.5, 0.6) is 0 Å². The monoisotopic (exact) mass is 292 g/mol. The molecule has 108 valence electrons. The van der Waals surface area contributed by atoms with Gasteiger partial charge in [-0.15, -0.1) is 0 Å². The molecule has 1 fully saturated rings. The first-order chi connectivity index (χ1) is 9.56. The molecule has 0 unspecified atom stereocenters. The second kappa shape index (κ2) is 6.80. The van der Waals surface area contributed by atoms with Gasteiger partial charge in [0.2, 0.25) is 0 Å². The van der Waals surface area contributed by atoms with Gasteiger partial charge in [0.25, 0.3) is 0 Å². The van der Waals surface area contributed by atoms with Crippen LogP contribution in [-0.4, -0.2) is 6.03 Å². The summed E-state index contributed by atoms with van der Waals surface area (Å²) < 4.78 is 0. The van der Waals surface area contributed by atoms with E-state index in [9.17, 15) is 4.79 Å². The van der Waals surface area contributed by atoms with E-state index in [0.717, 1.165) is 11.3 Å². The second-order valence-electron chi connectivity index (χ2n) is 5.43. The minimum atomic E-state index is -0.229. The maximum absolute atomic E-state index is 11.9. The van der Waals surface area contributed by atoms with Crippen LogP contribution in [0.4, 0.5) is 10.5 Å². The standard InChI is InChI=1S/C16H21ClN2O/c1-11-7-8-14(17)9-15(11)19-16(20)18-10-12(2)13-5-3-4-6-13/h7-10,13H,3-6H2,1-2H3,(H2,18,19,20)/b12-10+. The smallest absolute Gasteiger partial charge is 0.314 e. The maximum atomic E-state index is 11.9. The first-order valence-electron chi connectivity index (χ1n) is 7.06. The van der Waals surface area contributed by atoms with Gasteiger partial charge in [-0.3, -0.25) is 0 Å². The number of nitrogens with one attached hydrogen (secondary N) is 2. The Labute approximate surface area is 125 Å². The summed E-state index contributed by atoms with van der Waals surface area (Å²) in [5, 5.41) is 6.23. The van der Waals surface area contributed by atoms with Crippen molar-refractivity contribution in [3.8, 4) is 0 Å². The summed E-state index contributed by atoms with van der Waals surface area (Å²) in [6, 6.07) is 5.22. The molecule has 1 saturated carbocycles. The zero-order chi connectivity index (χ0) is 14.5. The van der Waals surface area contributed by atoms with Crippen molar-refractivity contribution in [3.05, 3.63) is 40.6 Å². The summed E-state index contributed by atoms with van der Waals surface area (Å²) in [7, 11) is 0. The number of allylic oxidation sites excluding steroid dienone is 1. The number of anilines is 1. The predicted molar refractivity (Wildman–Crippen MR) is 84.1 cm³/mol. The van der Waals surface area contributed by atoms with Gasteiger partial charge in [0.15, 0.2) is 0 Å². The van der Waals surface area contributed by atoms with E-state index < -0.39 is 0 Å². The zero-order valence-electron chi connectivity index (χ0n) is 12.0. The van der Waals surface area contributed by atoms with Crippen molar-refractivity contribution in [2.75, 3.05) is 5.32 Å². The van der Waals surface area contributed by atoms with Gasteiger partial charge < -0.3 is 10.6 Å². The summed E-state index contributed by atoms with van der Waals surface area (Å²) in [5.41, 5.74) is 2.98. The van der Waals surface area contributed by atoms with E-state index in [1.54, 1.807) is 6.07 Å². The number of hydrogen-bond acceptors (Lipinski definition) is 1. The molecule has 2 amide bonds. The van der Waals surface area contributed by atoms with Gasteiger partial charge in [0, 0.05) is 16.9 Å². The molecule has 1 aliphatic rings. The van der Waals surface area contributed by atoms with E-state index in [4.69, 9.17) is 11.6 Å². The minimum absolute atomic E-state index is 0.229. The Morgan fingerprint density at radius 3 is 2.75 bits per heavy atom. The Hall–Kier alpha value is -1.48. The Morgan fingerprint density at radius 2 is 2.05 bits per heavy atom. The average molecular weight is 293 g/mol. The maximum Gasteiger partial charge on any atom is 0.323 e. The molecule has 0 aromatic heterocycles. The first kappa shape index (κ1) is 14.9. The normalized spacial score (nSPS) is 16.2. The number of rotatable bonds is 3. The third-order valence-electron chi connectivity index (χ3n) is 3.88. The van der Waals surface area contributed by atoms with Gasteiger partial charge in [-0.2, -0.15) is 0 Å². The molecular formula is C16H21ClN2O. The van der Waals surface area contributed by atoms with Crippen molar-refractivity contribution < 1.29 is 4.79 Å². The van der Waals surface area contributed by atoms with Gasteiger partial charge in [-0.05, 0) is 50.3 Å². The molecule has 0 saturated heterocycles. The summed E-state index contributed by atoms with van der Waals surface area (Å²) >= 11 is 5.93. The molecule has 0 aliphatic heterocycles. The van der Waals surface area contributed by atoms with Crippen LogP contribution in [0.25, 0.3) is 0 Å². The number of hydrogen-bond donors (Lipinski definition) is 2. The third-order valence-corrected chi connectivity index (χ3v) is 4.11. The van der Waals surface area contributed by atoms with E-state index in [1.807, 2.05) is 25.3 Å². The largest absolute Gasteiger partial charge is 0.323 e. The molecule has 1 aromatic rings. The second-order valence-corrected chi connectivity index (χ2v) is 5.86. The van der Waals surface area contributed by atoms with Crippen LogP contribution in [0, 0.1) is 12.8 Å². The number of urea groups is 1. The molecule has 4 heteroatoms. The molecule has 0 radical (unpaired) electrons. The first-order valence-corrected chi connectivity index (χ1v) is 7.44. The molecule has 3 nitrogen and oxygen atoms in total. The lowest BCUT2D eigenvalue weighted by Crippen LogP contribution is -2.25. The highest BCUT2D eigenvalue weighted by Crippen LogP contribution is 2.30. The number of carbonyl (C=O) groups is 1. The van der Waals surface area contributed by atoms with E-state index in [0.29, 0.717) is 10.9 Å². The molecule has 0 spiro atoms. The highest BCUT2D eigenvalue weighted by atomic mass is 35.5. The van der Waals surface area contributed by atoms with Gasteiger partial charge in [-0.1, -0.05) is 36.1 Å². The van der Waals surface area contributed by atoms with E-state index >= 15 is 0 Å². The summed E-state index contributed by atoms with van der Waals surface area (Å²) in [6.45, 7) is 4.02. The van der Waals surface area contributed by atoms with Crippen LogP contribution in [0.1, 0.15) is 38.2 Å². The molecule has 2 rings (SSSR count). The fourth-order valence-corrected chi connectivity index (χ4v) is 2.74. The third kappa shape index (κ3) is 4.01. The lowest BCUT2D eigenvalue weighted by Gasteiger charge is -2.11. The molecule has 0 heterocycles. The van der Waals surface area contributed by atoms with E-state index in [-0.39, 0.29) is 6.03 Å². The number of carbonyl (C=O) groups excluding carboxylic acids is 1. The Kier molecular flexibility index (Phi) is 5.07. The highest BCUT2D eigenvalue weighted by Gasteiger charge is 2.16. The van der Waals surface area contributed by atoms with Crippen molar-refractivity contribution in [1.29, 1.82) is 0 Å². The molecule has 2 N–H and O–H groups in total. The molecule has 0 bridgehead atoms. The van der Waals surface area contributed by atoms with Gasteiger partial charge >= 0.3 is 6.03 Å². The number of amides is 2.